The van der Waals surface area contributed by atoms with Crippen LogP contribution in [0.25, 0.3) is 0 Å². The predicted molar refractivity (Wildman–Crippen MR) is 105 cm³/mol. The Balaban J connectivity index is 1.63. The van der Waals surface area contributed by atoms with Crippen molar-refractivity contribution in [2.75, 3.05) is 10.2 Å². The average molecular weight is 354 g/mol. The van der Waals surface area contributed by atoms with Gasteiger partial charge in [-0.15, -0.1) is 0 Å². The molecule has 0 saturated carbocycles. The fourth-order valence-electron chi connectivity index (χ4n) is 3.47. The number of para-hydroxylation sites is 2. The van der Waals surface area contributed by atoms with Gasteiger partial charge in [-0.05, 0) is 49.2 Å². The monoisotopic (exact) mass is 354 g/mol. The molecule has 0 bridgehead atoms. The van der Waals surface area contributed by atoms with Crippen LogP contribution in [0, 0.1) is 11.3 Å². The minimum Gasteiger partial charge on any atom is -0.354 e. The number of nitrogens with zero attached hydrogens (tertiary/aromatic N) is 3. The smallest absolute Gasteiger partial charge is 0.277 e. The van der Waals surface area contributed by atoms with E-state index in [2.05, 4.69) is 22.4 Å². The van der Waals surface area contributed by atoms with Crippen molar-refractivity contribution in [2.24, 2.45) is 0 Å². The summed E-state index contributed by atoms with van der Waals surface area (Å²) in [5.74, 6) is -0.121. The summed E-state index contributed by atoms with van der Waals surface area (Å²) in [7, 11) is 0. The molecule has 0 radical (unpaired) electrons. The SMILES string of the molecule is CC1Cc2ccccc2N1C(=O)c1cc(Nc2ccccc2C#N)ccn1. The molecule has 2 heterocycles. The molecule has 5 heteroatoms. The molecular formula is C22H18N4O. The number of nitrogens with one attached hydrogen (secondary N) is 1. The maximum atomic E-state index is 13.1. The van der Waals surface area contributed by atoms with Crippen molar-refractivity contribution in [1.29, 1.82) is 5.26 Å². The van der Waals surface area contributed by atoms with E-state index >= 15 is 0 Å². The Bertz CT molecular complexity index is 1050. The van der Waals surface area contributed by atoms with E-state index in [0.29, 0.717) is 16.9 Å². The first-order valence-electron chi connectivity index (χ1n) is 8.81. The fraction of sp³-hybridized carbons (Fsp3) is 0.136. The van der Waals surface area contributed by atoms with Crippen LogP contribution >= 0.6 is 0 Å². The number of pyridine rings is 1. The first-order valence-corrected chi connectivity index (χ1v) is 8.81. The largest absolute Gasteiger partial charge is 0.354 e. The summed E-state index contributed by atoms with van der Waals surface area (Å²) < 4.78 is 0. The highest BCUT2D eigenvalue weighted by Gasteiger charge is 2.31. The molecule has 1 unspecified atom stereocenters. The number of rotatable bonds is 3. The number of hydrogen-bond acceptors (Lipinski definition) is 4. The Labute approximate surface area is 157 Å². The third-order valence-electron chi connectivity index (χ3n) is 4.73. The zero-order chi connectivity index (χ0) is 18.8. The van der Waals surface area contributed by atoms with Crippen molar-refractivity contribution in [1.82, 2.24) is 4.98 Å². The van der Waals surface area contributed by atoms with E-state index in [1.54, 1.807) is 24.4 Å². The van der Waals surface area contributed by atoms with Crippen molar-refractivity contribution in [2.45, 2.75) is 19.4 Å². The number of carbonyl (C=O) groups excluding carboxylic acids is 1. The van der Waals surface area contributed by atoms with Gasteiger partial charge in [0, 0.05) is 23.6 Å². The van der Waals surface area contributed by atoms with Gasteiger partial charge in [0.1, 0.15) is 11.8 Å². The first kappa shape index (κ1) is 16.8. The zero-order valence-electron chi connectivity index (χ0n) is 14.9. The summed E-state index contributed by atoms with van der Waals surface area (Å²) in [6.45, 7) is 2.04. The van der Waals surface area contributed by atoms with Gasteiger partial charge in [0.05, 0.1) is 11.3 Å². The van der Waals surface area contributed by atoms with Crippen LogP contribution in [0.3, 0.4) is 0 Å². The molecule has 27 heavy (non-hydrogen) atoms. The number of benzene rings is 2. The van der Waals surface area contributed by atoms with Crippen LogP contribution in [-0.4, -0.2) is 16.9 Å². The van der Waals surface area contributed by atoms with E-state index in [4.69, 9.17) is 0 Å². The highest BCUT2D eigenvalue weighted by Crippen LogP contribution is 2.33. The number of fused-ring (bicyclic) bond motifs is 1. The molecule has 2 aromatic carbocycles. The second-order valence-corrected chi connectivity index (χ2v) is 6.57. The minimum absolute atomic E-state index is 0.0904. The lowest BCUT2D eigenvalue weighted by Crippen LogP contribution is -2.36. The molecule has 1 N–H and O–H groups in total. The van der Waals surface area contributed by atoms with E-state index in [1.165, 1.54) is 5.56 Å². The Morgan fingerprint density at radius 1 is 1.19 bits per heavy atom. The molecule has 0 aliphatic carbocycles. The topological polar surface area (TPSA) is 69.0 Å². The van der Waals surface area contributed by atoms with Crippen LogP contribution in [0.4, 0.5) is 17.1 Å². The van der Waals surface area contributed by atoms with E-state index in [-0.39, 0.29) is 11.9 Å². The van der Waals surface area contributed by atoms with Crippen LogP contribution in [0.15, 0.2) is 66.9 Å². The molecule has 1 aromatic heterocycles. The minimum atomic E-state index is -0.121. The van der Waals surface area contributed by atoms with E-state index in [1.807, 2.05) is 48.2 Å². The van der Waals surface area contributed by atoms with E-state index in [9.17, 15) is 10.1 Å². The molecule has 1 aliphatic heterocycles. The Morgan fingerprint density at radius 2 is 1.96 bits per heavy atom. The molecule has 1 aliphatic rings. The number of aromatic nitrogens is 1. The molecule has 132 valence electrons. The van der Waals surface area contributed by atoms with Gasteiger partial charge in [-0.1, -0.05) is 30.3 Å². The van der Waals surface area contributed by atoms with E-state index < -0.39 is 0 Å². The molecule has 5 nitrogen and oxygen atoms in total. The second-order valence-electron chi connectivity index (χ2n) is 6.57. The third kappa shape index (κ3) is 3.13. The van der Waals surface area contributed by atoms with Gasteiger partial charge in [0.15, 0.2) is 0 Å². The van der Waals surface area contributed by atoms with Crippen molar-refractivity contribution in [3.8, 4) is 6.07 Å². The maximum Gasteiger partial charge on any atom is 0.277 e. The normalized spacial score (nSPS) is 15.1. The van der Waals surface area contributed by atoms with Gasteiger partial charge >= 0.3 is 0 Å². The number of anilines is 3. The lowest BCUT2D eigenvalue weighted by molar-refractivity contribution is 0.0976. The summed E-state index contributed by atoms with van der Waals surface area (Å²) in [6.07, 6.45) is 2.45. The summed E-state index contributed by atoms with van der Waals surface area (Å²) >= 11 is 0. The zero-order valence-corrected chi connectivity index (χ0v) is 14.9. The molecule has 1 amide bonds. The third-order valence-corrected chi connectivity index (χ3v) is 4.73. The van der Waals surface area contributed by atoms with Gasteiger partial charge in [-0.2, -0.15) is 5.26 Å². The molecule has 1 atom stereocenters. The highest BCUT2D eigenvalue weighted by atomic mass is 16.2. The van der Waals surface area contributed by atoms with Crippen LogP contribution < -0.4 is 10.2 Å². The Kier molecular flexibility index (Phi) is 4.31. The fourth-order valence-corrected chi connectivity index (χ4v) is 3.47. The lowest BCUT2D eigenvalue weighted by Gasteiger charge is -2.22. The molecule has 4 rings (SSSR count). The molecule has 3 aromatic rings. The van der Waals surface area contributed by atoms with Gasteiger partial charge in [-0.25, -0.2) is 0 Å². The van der Waals surface area contributed by atoms with Gasteiger partial charge in [-0.3, -0.25) is 9.78 Å². The summed E-state index contributed by atoms with van der Waals surface area (Å²) in [6, 6.07) is 21.0. The van der Waals surface area contributed by atoms with E-state index in [0.717, 1.165) is 17.8 Å². The van der Waals surface area contributed by atoms with Crippen molar-refractivity contribution in [3.63, 3.8) is 0 Å². The summed E-state index contributed by atoms with van der Waals surface area (Å²) in [5.41, 5.74) is 4.46. The van der Waals surface area contributed by atoms with Crippen LogP contribution in [-0.2, 0) is 6.42 Å². The van der Waals surface area contributed by atoms with Crippen molar-refractivity contribution < 1.29 is 4.79 Å². The Morgan fingerprint density at radius 3 is 2.81 bits per heavy atom. The average Bonchev–Trinajstić information content (AvgIpc) is 3.03. The van der Waals surface area contributed by atoms with Gasteiger partial charge in [0.2, 0.25) is 0 Å². The van der Waals surface area contributed by atoms with Crippen LogP contribution in [0.1, 0.15) is 28.5 Å². The second kappa shape index (κ2) is 6.93. The number of nitriles is 1. The number of hydrogen-bond donors (Lipinski definition) is 1. The van der Waals surface area contributed by atoms with Crippen LogP contribution in [0.5, 0.6) is 0 Å². The Hall–Kier alpha value is -3.65. The van der Waals surface area contributed by atoms with Crippen molar-refractivity contribution in [3.05, 3.63) is 83.7 Å². The predicted octanol–water partition coefficient (Wildman–Crippen LogP) is 4.29. The molecule has 0 spiro atoms. The molecular weight excluding hydrogens is 336 g/mol. The quantitative estimate of drug-likeness (QED) is 0.762. The number of carbonyl (C=O) groups is 1. The van der Waals surface area contributed by atoms with Crippen molar-refractivity contribution >= 4 is 23.0 Å². The summed E-state index contributed by atoms with van der Waals surface area (Å²) in [4.78, 5) is 19.2. The van der Waals surface area contributed by atoms with Gasteiger partial charge < -0.3 is 10.2 Å². The lowest BCUT2D eigenvalue weighted by atomic mass is 10.1. The standard InChI is InChI=1S/C22H18N4O/c1-15-12-16-6-3-5-9-21(16)26(15)22(27)20-13-18(10-11-24-20)25-19-8-4-2-7-17(19)14-23/h2-11,13,15H,12H2,1H3,(H,24,25). The number of amides is 1. The molecule has 0 fully saturated rings. The first-order chi connectivity index (χ1) is 13.2. The maximum absolute atomic E-state index is 13.1. The van der Waals surface area contributed by atoms with Crippen LogP contribution in [0.2, 0.25) is 0 Å². The molecule has 0 saturated heterocycles. The summed E-state index contributed by atoms with van der Waals surface area (Å²) in [5, 5.41) is 12.4. The highest BCUT2D eigenvalue weighted by molar-refractivity contribution is 6.07. The van der Waals surface area contributed by atoms with Gasteiger partial charge in [0.25, 0.3) is 5.91 Å².